The largest absolute Gasteiger partial charge is 0.384 e. The average Bonchev–Trinajstić information content (AvgIpc) is 2.51. The van der Waals surface area contributed by atoms with E-state index in [0.717, 1.165) is 36.4 Å². The van der Waals surface area contributed by atoms with Gasteiger partial charge in [-0.15, -0.1) is 0 Å². The zero-order valence-electron chi connectivity index (χ0n) is 20.2. The first kappa shape index (κ1) is 27.2. The maximum Gasteiger partial charge on any atom is 0.0740 e. The van der Waals surface area contributed by atoms with Crippen molar-refractivity contribution in [1.29, 1.82) is 0 Å². The molecule has 2 nitrogen and oxygen atoms in total. The molecular formula is C25H48N2S. The Morgan fingerprint density at radius 1 is 0.964 bits per heavy atom. The van der Waals surface area contributed by atoms with E-state index in [1.807, 2.05) is 11.8 Å². The van der Waals surface area contributed by atoms with Crippen molar-refractivity contribution < 1.29 is 0 Å². The first-order valence-corrected chi connectivity index (χ1v) is 12.2. The van der Waals surface area contributed by atoms with Gasteiger partial charge in [0.15, 0.2) is 0 Å². The molecule has 0 aromatic heterocycles. The third-order valence-electron chi connectivity index (χ3n) is 5.23. The Balaban J connectivity index is 5.14. The fourth-order valence-corrected chi connectivity index (χ4v) is 4.15. The lowest BCUT2D eigenvalue weighted by Crippen LogP contribution is -2.44. The monoisotopic (exact) mass is 408 g/mol. The van der Waals surface area contributed by atoms with E-state index in [1.54, 1.807) is 0 Å². The van der Waals surface area contributed by atoms with Crippen LogP contribution in [-0.4, -0.2) is 24.1 Å². The molecule has 0 aromatic rings. The van der Waals surface area contributed by atoms with Crippen LogP contribution < -0.4 is 10.6 Å². The van der Waals surface area contributed by atoms with Crippen LogP contribution in [0.4, 0.5) is 0 Å². The van der Waals surface area contributed by atoms with Crippen molar-refractivity contribution in [1.82, 2.24) is 10.6 Å². The molecule has 0 amide bonds. The van der Waals surface area contributed by atoms with Crippen LogP contribution in [0.1, 0.15) is 74.7 Å². The predicted molar refractivity (Wildman–Crippen MR) is 132 cm³/mol. The van der Waals surface area contributed by atoms with E-state index in [4.69, 9.17) is 0 Å². The predicted octanol–water partition coefficient (Wildman–Crippen LogP) is 7.01. The zero-order valence-corrected chi connectivity index (χ0v) is 21.1. The molecule has 0 saturated carbocycles. The summed E-state index contributed by atoms with van der Waals surface area (Å²) in [6, 6.07) is 0.626. The van der Waals surface area contributed by atoms with Crippen LogP contribution in [0.25, 0.3) is 0 Å². The molecule has 0 heterocycles. The molecule has 0 spiro atoms. The second-order valence-electron chi connectivity index (χ2n) is 10.4. The Morgan fingerprint density at radius 2 is 1.54 bits per heavy atom. The molecule has 0 fully saturated rings. The summed E-state index contributed by atoms with van der Waals surface area (Å²) >= 11 is 1.85. The molecule has 0 bridgehead atoms. The van der Waals surface area contributed by atoms with Crippen molar-refractivity contribution in [2.45, 2.75) is 86.7 Å². The minimum absolute atomic E-state index is 0.199. The van der Waals surface area contributed by atoms with E-state index in [0.29, 0.717) is 23.8 Å². The van der Waals surface area contributed by atoms with E-state index < -0.39 is 0 Å². The topological polar surface area (TPSA) is 24.1 Å². The summed E-state index contributed by atoms with van der Waals surface area (Å²) < 4.78 is 0. The number of hydrogen-bond acceptors (Lipinski definition) is 3. The lowest BCUT2D eigenvalue weighted by molar-refractivity contribution is 0.299. The third-order valence-corrected chi connectivity index (χ3v) is 5.89. The molecule has 3 heteroatoms. The lowest BCUT2D eigenvalue weighted by atomic mass is 9.84. The number of nitrogens with one attached hydrogen (secondary N) is 2. The second-order valence-corrected chi connectivity index (χ2v) is 11.3. The Bertz CT molecular complexity index is 501. The van der Waals surface area contributed by atoms with Gasteiger partial charge in [-0.3, -0.25) is 0 Å². The molecule has 4 atom stereocenters. The van der Waals surface area contributed by atoms with Crippen molar-refractivity contribution in [3.8, 4) is 0 Å². The Kier molecular flexibility index (Phi) is 12.3. The molecule has 3 unspecified atom stereocenters. The molecule has 28 heavy (non-hydrogen) atoms. The van der Waals surface area contributed by atoms with Crippen LogP contribution in [0, 0.1) is 23.2 Å². The Hall–Kier alpha value is -0.830. The Morgan fingerprint density at radius 3 is 1.96 bits per heavy atom. The number of thioether (sulfide) groups is 1. The SMILES string of the molecule is C=C(CC(C)(C)C)NC(CSC)C(=C)N[C@@H](CC(C)C)C(C)CC(C)C(=C)C. The molecule has 0 radical (unpaired) electrons. The fourth-order valence-electron chi connectivity index (χ4n) is 3.54. The average molecular weight is 409 g/mol. The highest BCUT2D eigenvalue weighted by Crippen LogP contribution is 2.26. The molecule has 0 aliphatic carbocycles. The van der Waals surface area contributed by atoms with Gasteiger partial charge in [-0.1, -0.05) is 73.8 Å². The van der Waals surface area contributed by atoms with Gasteiger partial charge in [0.2, 0.25) is 0 Å². The van der Waals surface area contributed by atoms with E-state index in [-0.39, 0.29) is 11.5 Å². The van der Waals surface area contributed by atoms with E-state index in [2.05, 4.69) is 92.0 Å². The summed E-state index contributed by atoms with van der Waals surface area (Å²) in [4.78, 5) is 0. The van der Waals surface area contributed by atoms with Crippen LogP contribution >= 0.6 is 11.8 Å². The van der Waals surface area contributed by atoms with Gasteiger partial charge in [0.05, 0.1) is 6.04 Å². The van der Waals surface area contributed by atoms with Gasteiger partial charge in [0, 0.05) is 23.2 Å². The van der Waals surface area contributed by atoms with Gasteiger partial charge in [-0.05, 0) is 55.6 Å². The van der Waals surface area contributed by atoms with Crippen LogP contribution in [0.15, 0.2) is 36.7 Å². The molecule has 0 aromatic carbocycles. The second kappa shape index (κ2) is 12.7. The number of hydrogen-bond donors (Lipinski definition) is 2. The molecule has 164 valence electrons. The number of allylic oxidation sites excluding steroid dienone is 2. The highest BCUT2D eigenvalue weighted by atomic mass is 32.2. The standard InChI is InChI=1S/C25H48N2S/c1-17(2)13-23(20(6)14-19(5)18(3)4)27-22(8)24(16-28-12)26-21(7)15-25(9,10)11/h17,19-20,23-24,26-27H,3,7-8,13-16H2,1-2,4-6,9-12H3/t19?,20?,23-,24?/m0/s1. The van der Waals surface area contributed by atoms with Crippen molar-refractivity contribution in [2.24, 2.45) is 23.2 Å². The normalized spacial score (nSPS) is 16.2. The maximum absolute atomic E-state index is 4.42. The van der Waals surface area contributed by atoms with E-state index in [1.165, 1.54) is 5.57 Å². The Labute approximate surface area is 181 Å². The van der Waals surface area contributed by atoms with Crippen LogP contribution in [-0.2, 0) is 0 Å². The number of rotatable bonds is 14. The first-order chi connectivity index (χ1) is 12.8. The highest BCUT2D eigenvalue weighted by Gasteiger charge is 2.24. The summed E-state index contributed by atoms with van der Waals surface area (Å²) in [5.74, 6) is 2.75. The first-order valence-electron chi connectivity index (χ1n) is 10.8. The smallest absolute Gasteiger partial charge is 0.0740 e. The van der Waals surface area contributed by atoms with Gasteiger partial charge < -0.3 is 10.6 Å². The van der Waals surface area contributed by atoms with Crippen molar-refractivity contribution in [2.75, 3.05) is 12.0 Å². The maximum atomic E-state index is 4.42. The van der Waals surface area contributed by atoms with Gasteiger partial charge in [-0.2, -0.15) is 11.8 Å². The summed E-state index contributed by atoms with van der Waals surface area (Å²) in [7, 11) is 0. The fraction of sp³-hybridized carbons (Fsp3) is 0.760. The molecule has 0 aliphatic heterocycles. The van der Waals surface area contributed by atoms with Crippen molar-refractivity contribution in [3.63, 3.8) is 0 Å². The molecule has 0 aliphatic rings. The van der Waals surface area contributed by atoms with E-state index in [9.17, 15) is 0 Å². The molecule has 0 rings (SSSR count). The minimum Gasteiger partial charge on any atom is -0.384 e. The molecule has 2 N–H and O–H groups in total. The highest BCUT2D eigenvalue weighted by molar-refractivity contribution is 7.98. The molecule has 0 saturated heterocycles. The van der Waals surface area contributed by atoms with Crippen LogP contribution in [0.3, 0.4) is 0 Å². The van der Waals surface area contributed by atoms with E-state index >= 15 is 0 Å². The third kappa shape index (κ3) is 11.9. The van der Waals surface area contributed by atoms with Crippen LogP contribution in [0.2, 0.25) is 0 Å². The summed E-state index contributed by atoms with van der Waals surface area (Å²) in [5, 5.41) is 7.44. The summed E-state index contributed by atoms with van der Waals surface area (Å²) in [5.41, 5.74) is 3.69. The minimum atomic E-state index is 0.199. The zero-order chi connectivity index (χ0) is 22.1. The van der Waals surface area contributed by atoms with Crippen molar-refractivity contribution in [3.05, 3.63) is 36.7 Å². The summed E-state index contributed by atoms with van der Waals surface area (Å²) in [6.45, 7) is 31.0. The lowest BCUT2D eigenvalue weighted by Gasteiger charge is -2.34. The van der Waals surface area contributed by atoms with Gasteiger partial charge in [0.1, 0.15) is 0 Å². The van der Waals surface area contributed by atoms with Gasteiger partial charge in [0.25, 0.3) is 0 Å². The van der Waals surface area contributed by atoms with Gasteiger partial charge in [-0.25, -0.2) is 0 Å². The van der Waals surface area contributed by atoms with Gasteiger partial charge >= 0.3 is 0 Å². The van der Waals surface area contributed by atoms with Crippen LogP contribution in [0.5, 0.6) is 0 Å². The van der Waals surface area contributed by atoms with Crippen molar-refractivity contribution >= 4 is 11.8 Å². The summed E-state index contributed by atoms with van der Waals surface area (Å²) in [6.07, 6.45) is 5.42. The molecular weight excluding hydrogens is 360 g/mol. The quantitative estimate of drug-likeness (QED) is 0.302.